The van der Waals surface area contributed by atoms with Gasteiger partial charge in [-0.2, -0.15) is 0 Å². The van der Waals surface area contributed by atoms with E-state index in [4.69, 9.17) is 16.3 Å². The first-order valence-corrected chi connectivity index (χ1v) is 7.49. The van der Waals surface area contributed by atoms with E-state index in [9.17, 15) is 0 Å². The Morgan fingerprint density at radius 2 is 2.00 bits per heavy atom. The zero-order chi connectivity index (χ0) is 14.7. The summed E-state index contributed by atoms with van der Waals surface area (Å²) < 4.78 is 5.94. The van der Waals surface area contributed by atoms with Gasteiger partial charge in [0, 0.05) is 16.0 Å². The van der Waals surface area contributed by atoms with Crippen LogP contribution in [0.2, 0.25) is 5.02 Å². The number of aromatic nitrogens is 2. The second kappa shape index (κ2) is 4.24. The lowest BCUT2D eigenvalue weighted by molar-refractivity contribution is 0.303. The van der Waals surface area contributed by atoms with Gasteiger partial charge in [-0.3, -0.25) is 0 Å². The lowest BCUT2D eigenvalue weighted by Gasteiger charge is -2.21. The van der Waals surface area contributed by atoms with Crippen LogP contribution in [0.15, 0.2) is 48.8 Å². The van der Waals surface area contributed by atoms with Gasteiger partial charge in [0.2, 0.25) is 0 Å². The average Bonchev–Trinajstić information content (AvgIpc) is 3.01. The van der Waals surface area contributed by atoms with Gasteiger partial charge in [-0.15, -0.1) is 0 Å². The van der Waals surface area contributed by atoms with Crippen molar-refractivity contribution in [1.82, 2.24) is 9.97 Å². The van der Waals surface area contributed by atoms with Gasteiger partial charge in [-0.1, -0.05) is 23.7 Å². The molecule has 2 heterocycles. The molecule has 1 N–H and O–H groups in total. The topological polar surface area (TPSA) is 37.9 Å². The molecular formula is C18H11ClN2O. The molecule has 1 aromatic heterocycles. The molecule has 0 unspecified atom stereocenters. The number of H-pyrrole nitrogens is 1. The van der Waals surface area contributed by atoms with Crippen LogP contribution in [-0.2, 0) is 6.61 Å². The predicted molar refractivity (Wildman–Crippen MR) is 88.4 cm³/mol. The summed E-state index contributed by atoms with van der Waals surface area (Å²) in [5.41, 5.74) is 5.44. The zero-order valence-electron chi connectivity index (χ0n) is 11.6. The number of hydrogen-bond acceptors (Lipinski definition) is 2. The Morgan fingerprint density at radius 1 is 1.05 bits per heavy atom. The SMILES string of the molecule is Clc1ccc2c(c1)COc1cc3c(ccc4[nH]cnc43)cc1-2. The van der Waals surface area contributed by atoms with Crippen LogP contribution < -0.4 is 4.74 Å². The van der Waals surface area contributed by atoms with Crippen LogP contribution in [0, 0.1) is 0 Å². The van der Waals surface area contributed by atoms with E-state index in [2.05, 4.69) is 40.3 Å². The molecule has 0 bridgehead atoms. The Balaban J connectivity index is 1.85. The molecule has 0 spiro atoms. The van der Waals surface area contributed by atoms with Gasteiger partial charge in [0.25, 0.3) is 0 Å². The fraction of sp³-hybridized carbons (Fsp3) is 0.0556. The Hall–Kier alpha value is -2.52. The van der Waals surface area contributed by atoms with Crippen molar-refractivity contribution in [2.45, 2.75) is 6.61 Å². The first kappa shape index (κ1) is 12.1. The molecule has 1 aliphatic rings. The molecule has 3 aromatic carbocycles. The van der Waals surface area contributed by atoms with Crippen LogP contribution in [-0.4, -0.2) is 9.97 Å². The van der Waals surface area contributed by atoms with Crippen molar-refractivity contribution < 1.29 is 4.74 Å². The Bertz CT molecular complexity index is 1050. The number of imidazole rings is 1. The largest absolute Gasteiger partial charge is 0.488 e. The highest BCUT2D eigenvalue weighted by molar-refractivity contribution is 6.30. The molecule has 1 aliphatic heterocycles. The molecule has 4 heteroatoms. The fourth-order valence-electron chi connectivity index (χ4n) is 3.19. The number of hydrogen-bond donors (Lipinski definition) is 1. The number of ether oxygens (including phenoxy) is 1. The summed E-state index contributed by atoms with van der Waals surface area (Å²) in [6.07, 6.45) is 1.72. The number of benzene rings is 3. The molecule has 4 aromatic rings. The molecular weight excluding hydrogens is 296 g/mol. The molecule has 0 aliphatic carbocycles. The van der Waals surface area contributed by atoms with Gasteiger partial charge in [-0.25, -0.2) is 4.98 Å². The van der Waals surface area contributed by atoms with Crippen LogP contribution in [0.3, 0.4) is 0 Å². The normalized spacial score (nSPS) is 13.0. The number of rotatable bonds is 0. The van der Waals surface area contributed by atoms with E-state index < -0.39 is 0 Å². The highest BCUT2D eigenvalue weighted by Gasteiger charge is 2.19. The van der Waals surface area contributed by atoms with Crippen molar-refractivity contribution >= 4 is 33.4 Å². The summed E-state index contributed by atoms with van der Waals surface area (Å²) >= 11 is 6.08. The highest BCUT2D eigenvalue weighted by Crippen LogP contribution is 2.41. The molecule has 106 valence electrons. The molecule has 0 saturated carbocycles. The molecule has 3 nitrogen and oxygen atoms in total. The van der Waals surface area contributed by atoms with Gasteiger partial charge in [0.1, 0.15) is 12.4 Å². The van der Waals surface area contributed by atoms with E-state index in [1.165, 1.54) is 5.56 Å². The van der Waals surface area contributed by atoms with E-state index in [0.29, 0.717) is 6.61 Å². The second-order valence-corrected chi connectivity index (χ2v) is 5.96. The van der Waals surface area contributed by atoms with Gasteiger partial charge in [0.05, 0.1) is 17.4 Å². The number of halogens is 1. The van der Waals surface area contributed by atoms with Crippen molar-refractivity contribution in [1.29, 1.82) is 0 Å². The summed E-state index contributed by atoms with van der Waals surface area (Å²) in [6.45, 7) is 0.547. The second-order valence-electron chi connectivity index (χ2n) is 5.52. The maximum atomic E-state index is 6.08. The molecule has 0 radical (unpaired) electrons. The Kier molecular flexibility index (Phi) is 2.33. The third-order valence-electron chi connectivity index (χ3n) is 4.25. The van der Waals surface area contributed by atoms with Gasteiger partial charge < -0.3 is 9.72 Å². The van der Waals surface area contributed by atoms with Crippen molar-refractivity contribution in [3.05, 3.63) is 59.4 Å². The van der Waals surface area contributed by atoms with Crippen LogP contribution in [0.4, 0.5) is 0 Å². The zero-order valence-corrected chi connectivity index (χ0v) is 12.3. The standard InChI is InChI=1S/C18H11ClN2O/c19-12-2-3-13-11(5-12)8-22-17-7-14-10(6-15(13)17)1-4-16-18(14)21-9-20-16/h1-7,9H,8H2,(H,20,21). The third kappa shape index (κ3) is 1.60. The van der Waals surface area contributed by atoms with E-state index >= 15 is 0 Å². The van der Waals surface area contributed by atoms with Crippen molar-refractivity contribution in [3.63, 3.8) is 0 Å². The monoisotopic (exact) mass is 306 g/mol. The number of nitrogens with zero attached hydrogens (tertiary/aromatic N) is 1. The Labute approximate surface area is 131 Å². The van der Waals surface area contributed by atoms with E-state index in [1.54, 1.807) is 6.33 Å². The number of fused-ring (bicyclic) bond motifs is 6. The molecule has 0 atom stereocenters. The van der Waals surface area contributed by atoms with Gasteiger partial charge >= 0.3 is 0 Å². The van der Waals surface area contributed by atoms with E-state index in [-0.39, 0.29) is 0 Å². The number of nitrogens with one attached hydrogen (secondary N) is 1. The summed E-state index contributed by atoms with van der Waals surface area (Å²) in [6, 6.07) is 14.4. The minimum absolute atomic E-state index is 0.547. The maximum absolute atomic E-state index is 6.08. The lowest BCUT2D eigenvalue weighted by atomic mass is 9.94. The summed E-state index contributed by atoms with van der Waals surface area (Å²) in [5.74, 6) is 0.901. The third-order valence-corrected chi connectivity index (χ3v) is 4.48. The fourth-order valence-corrected chi connectivity index (χ4v) is 3.38. The van der Waals surface area contributed by atoms with Crippen LogP contribution in [0.25, 0.3) is 32.9 Å². The van der Waals surface area contributed by atoms with Crippen LogP contribution in [0.1, 0.15) is 5.56 Å². The van der Waals surface area contributed by atoms with Crippen LogP contribution >= 0.6 is 11.6 Å². The lowest BCUT2D eigenvalue weighted by Crippen LogP contribution is -2.05. The molecule has 5 rings (SSSR count). The maximum Gasteiger partial charge on any atom is 0.128 e. The molecule has 0 fully saturated rings. The molecule has 22 heavy (non-hydrogen) atoms. The Morgan fingerprint density at radius 3 is 2.95 bits per heavy atom. The first-order chi connectivity index (χ1) is 10.8. The summed E-state index contributed by atoms with van der Waals surface area (Å²) in [7, 11) is 0. The summed E-state index contributed by atoms with van der Waals surface area (Å²) in [5, 5.41) is 3.00. The van der Waals surface area contributed by atoms with Crippen molar-refractivity contribution in [2.75, 3.05) is 0 Å². The van der Waals surface area contributed by atoms with E-state index in [1.807, 2.05) is 12.1 Å². The highest BCUT2D eigenvalue weighted by atomic mass is 35.5. The van der Waals surface area contributed by atoms with Crippen molar-refractivity contribution in [3.8, 4) is 16.9 Å². The minimum atomic E-state index is 0.547. The molecule has 0 saturated heterocycles. The van der Waals surface area contributed by atoms with Crippen LogP contribution in [0.5, 0.6) is 5.75 Å². The quantitative estimate of drug-likeness (QED) is 0.500. The minimum Gasteiger partial charge on any atom is -0.488 e. The predicted octanol–water partition coefficient (Wildman–Crippen LogP) is 4.93. The smallest absolute Gasteiger partial charge is 0.128 e. The number of aromatic amines is 1. The average molecular weight is 307 g/mol. The first-order valence-electron chi connectivity index (χ1n) is 7.11. The van der Waals surface area contributed by atoms with Crippen molar-refractivity contribution in [2.24, 2.45) is 0 Å². The van der Waals surface area contributed by atoms with Gasteiger partial charge in [-0.05, 0) is 46.8 Å². The molecule has 0 amide bonds. The summed E-state index contributed by atoms with van der Waals surface area (Å²) in [4.78, 5) is 7.57. The van der Waals surface area contributed by atoms with E-state index in [0.717, 1.165) is 43.7 Å². The van der Waals surface area contributed by atoms with Gasteiger partial charge in [0.15, 0.2) is 0 Å².